The molecule has 0 unspecified atom stereocenters. The molecule has 1 amide bonds. The zero-order valence-electron chi connectivity index (χ0n) is 15.3. The zero-order valence-corrected chi connectivity index (χ0v) is 15.3. The third-order valence-electron chi connectivity index (χ3n) is 4.96. The third-order valence-corrected chi connectivity index (χ3v) is 4.96. The van der Waals surface area contributed by atoms with Crippen molar-refractivity contribution < 1.29 is 13.6 Å². The Hall–Kier alpha value is -3.61. The summed E-state index contributed by atoms with van der Waals surface area (Å²) in [7, 11) is 0. The summed E-state index contributed by atoms with van der Waals surface area (Å²) in [6.07, 6.45) is 5.09. The molecule has 2 heterocycles. The van der Waals surface area contributed by atoms with Crippen molar-refractivity contribution in [3.63, 3.8) is 0 Å². The second kappa shape index (κ2) is 6.77. The number of carbonyl (C=O) groups is 1. The Morgan fingerprint density at radius 1 is 1.00 bits per heavy atom. The van der Waals surface area contributed by atoms with Gasteiger partial charge in [0.05, 0.1) is 0 Å². The minimum Gasteiger partial charge on any atom is -0.304 e. The van der Waals surface area contributed by atoms with E-state index in [0.717, 1.165) is 12.8 Å². The van der Waals surface area contributed by atoms with Crippen LogP contribution >= 0.6 is 0 Å². The number of imidazole rings is 1. The molecule has 5 rings (SSSR count). The lowest BCUT2D eigenvalue weighted by molar-refractivity contribution is 0.0980. The number of anilines is 1. The van der Waals surface area contributed by atoms with Gasteiger partial charge < -0.3 is 4.90 Å². The molecule has 0 radical (unpaired) electrons. The predicted molar refractivity (Wildman–Crippen MR) is 105 cm³/mol. The number of carbonyl (C=O) groups excluding carboxylic acids is 1. The normalized spacial score (nSPS) is 13.6. The molecule has 0 spiro atoms. The quantitative estimate of drug-likeness (QED) is 0.516. The highest BCUT2D eigenvalue weighted by molar-refractivity contribution is 6.09. The molecule has 4 aromatic rings. The highest BCUT2D eigenvalue weighted by Crippen LogP contribution is 2.35. The second-order valence-corrected chi connectivity index (χ2v) is 6.99. The first-order chi connectivity index (χ1) is 14.1. The van der Waals surface area contributed by atoms with Crippen molar-refractivity contribution in [3.8, 4) is 11.3 Å². The van der Waals surface area contributed by atoms with Crippen LogP contribution in [0.1, 0.15) is 23.3 Å². The SMILES string of the molecule is O=C(c1c(-c2ccc(F)cc2)nc2ncccn12)N(c1ccc(F)cc1)C1CC1. The molecule has 1 saturated carbocycles. The van der Waals surface area contributed by atoms with Crippen LogP contribution in [-0.2, 0) is 0 Å². The van der Waals surface area contributed by atoms with Gasteiger partial charge in [-0.3, -0.25) is 9.20 Å². The van der Waals surface area contributed by atoms with Crippen LogP contribution in [0.3, 0.4) is 0 Å². The molecule has 29 heavy (non-hydrogen) atoms. The van der Waals surface area contributed by atoms with Crippen molar-refractivity contribution in [1.29, 1.82) is 0 Å². The number of hydrogen-bond acceptors (Lipinski definition) is 3. The molecular formula is C22H16F2N4O. The third kappa shape index (κ3) is 3.14. The Morgan fingerprint density at radius 2 is 1.66 bits per heavy atom. The molecular weight excluding hydrogens is 374 g/mol. The standard InChI is InChI=1S/C22H16F2N4O/c23-15-4-2-14(3-5-15)19-20(27-13-1-12-25-22(27)26-19)21(29)28(18-10-11-18)17-8-6-16(24)7-9-17/h1-9,12-13,18H,10-11H2. The van der Waals surface area contributed by atoms with Crippen LogP contribution < -0.4 is 4.90 Å². The monoisotopic (exact) mass is 390 g/mol. The number of fused-ring (bicyclic) bond motifs is 1. The van der Waals surface area contributed by atoms with Gasteiger partial charge in [0.2, 0.25) is 5.78 Å². The molecule has 2 aromatic heterocycles. The maximum Gasteiger partial charge on any atom is 0.277 e. The summed E-state index contributed by atoms with van der Waals surface area (Å²) in [6.45, 7) is 0. The van der Waals surface area contributed by atoms with Crippen LogP contribution in [0.5, 0.6) is 0 Å². The molecule has 5 nitrogen and oxygen atoms in total. The van der Waals surface area contributed by atoms with Crippen LogP contribution in [0.2, 0.25) is 0 Å². The Kier molecular flexibility index (Phi) is 4.08. The van der Waals surface area contributed by atoms with E-state index in [0.29, 0.717) is 28.4 Å². The van der Waals surface area contributed by atoms with E-state index < -0.39 is 0 Å². The first-order valence-corrected chi connectivity index (χ1v) is 9.30. The second-order valence-electron chi connectivity index (χ2n) is 6.99. The van der Waals surface area contributed by atoms with Crippen LogP contribution in [0.15, 0.2) is 67.0 Å². The van der Waals surface area contributed by atoms with Gasteiger partial charge in [0.15, 0.2) is 0 Å². The van der Waals surface area contributed by atoms with E-state index in [2.05, 4.69) is 9.97 Å². The molecule has 0 saturated heterocycles. The summed E-state index contributed by atoms with van der Waals surface area (Å²) < 4.78 is 28.5. The van der Waals surface area contributed by atoms with Gasteiger partial charge in [0, 0.05) is 29.7 Å². The maximum absolute atomic E-state index is 13.7. The van der Waals surface area contributed by atoms with Crippen molar-refractivity contribution in [2.45, 2.75) is 18.9 Å². The fourth-order valence-electron chi connectivity index (χ4n) is 3.44. The van der Waals surface area contributed by atoms with Gasteiger partial charge in [0.25, 0.3) is 5.91 Å². The van der Waals surface area contributed by atoms with Gasteiger partial charge in [-0.25, -0.2) is 18.7 Å². The summed E-state index contributed by atoms with van der Waals surface area (Å²) in [6, 6.07) is 13.5. The van der Waals surface area contributed by atoms with Gasteiger partial charge in [-0.1, -0.05) is 0 Å². The lowest BCUT2D eigenvalue weighted by Crippen LogP contribution is -2.34. The number of rotatable bonds is 4. The molecule has 0 N–H and O–H groups in total. The summed E-state index contributed by atoms with van der Waals surface area (Å²) in [5.41, 5.74) is 2.02. The van der Waals surface area contributed by atoms with Crippen molar-refractivity contribution >= 4 is 17.4 Å². The molecule has 7 heteroatoms. The summed E-state index contributed by atoms with van der Waals surface area (Å²) in [5, 5.41) is 0. The Balaban J connectivity index is 1.68. The number of aromatic nitrogens is 3. The van der Waals surface area contributed by atoms with E-state index in [4.69, 9.17) is 0 Å². The van der Waals surface area contributed by atoms with Crippen molar-refractivity contribution in [1.82, 2.24) is 14.4 Å². The van der Waals surface area contributed by atoms with Crippen LogP contribution in [0, 0.1) is 11.6 Å². The van der Waals surface area contributed by atoms with Crippen molar-refractivity contribution in [2.24, 2.45) is 0 Å². The smallest absolute Gasteiger partial charge is 0.277 e. The topological polar surface area (TPSA) is 50.5 Å². The molecule has 0 aliphatic heterocycles. The average Bonchev–Trinajstić information content (AvgIpc) is 3.48. The summed E-state index contributed by atoms with van der Waals surface area (Å²) >= 11 is 0. The molecule has 1 fully saturated rings. The Morgan fingerprint density at radius 3 is 2.31 bits per heavy atom. The molecule has 2 aromatic carbocycles. The Labute approximate surface area is 165 Å². The number of nitrogens with zero attached hydrogens (tertiary/aromatic N) is 4. The lowest BCUT2D eigenvalue weighted by Gasteiger charge is -2.23. The molecule has 1 aliphatic carbocycles. The highest BCUT2D eigenvalue weighted by atomic mass is 19.1. The fourth-order valence-corrected chi connectivity index (χ4v) is 3.44. The first kappa shape index (κ1) is 17.5. The minimum absolute atomic E-state index is 0.0521. The summed E-state index contributed by atoms with van der Waals surface area (Å²) in [4.78, 5) is 24.2. The van der Waals surface area contributed by atoms with E-state index in [9.17, 15) is 13.6 Å². The van der Waals surface area contributed by atoms with Gasteiger partial charge in [-0.15, -0.1) is 0 Å². The van der Waals surface area contributed by atoms with Crippen molar-refractivity contribution in [2.75, 3.05) is 4.90 Å². The number of benzene rings is 2. The van der Waals surface area contributed by atoms with E-state index >= 15 is 0 Å². The summed E-state index contributed by atoms with van der Waals surface area (Å²) in [5.74, 6) is -0.596. The average molecular weight is 390 g/mol. The fraction of sp³-hybridized carbons (Fsp3) is 0.136. The predicted octanol–water partition coefficient (Wildman–Crippen LogP) is 4.48. The number of amides is 1. The lowest BCUT2D eigenvalue weighted by atomic mass is 10.1. The molecule has 1 aliphatic rings. The zero-order chi connectivity index (χ0) is 20.0. The first-order valence-electron chi connectivity index (χ1n) is 9.30. The van der Waals surface area contributed by atoms with Gasteiger partial charge in [0.1, 0.15) is 23.0 Å². The van der Waals surface area contributed by atoms with E-state index in [1.165, 1.54) is 24.3 Å². The number of halogens is 2. The van der Waals surface area contributed by atoms with Crippen molar-refractivity contribution in [3.05, 3.63) is 84.3 Å². The van der Waals surface area contributed by atoms with E-state index in [1.54, 1.807) is 52.0 Å². The van der Waals surface area contributed by atoms with Gasteiger partial charge in [-0.2, -0.15) is 0 Å². The molecule has 0 atom stereocenters. The van der Waals surface area contributed by atoms with Crippen LogP contribution in [0.25, 0.3) is 17.0 Å². The van der Waals surface area contributed by atoms with Gasteiger partial charge >= 0.3 is 0 Å². The maximum atomic E-state index is 13.7. The Bertz CT molecular complexity index is 1200. The molecule has 144 valence electrons. The van der Waals surface area contributed by atoms with Crippen LogP contribution in [-0.4, -0.2) is 26.3 Å². The van der Waals surface area contributed by atoms with E-state index in [-0.39, 0.29) is 23.6 Å². The number of hydrogen-bond donors (Lipinski definition) is 0. The minimum atomic E-state index is -0.366. The largest absolute Gasteiger partial charge is 0.304 e. The van der Waals surface area contributed by atoms with E-state index in [1.807, 2.05) is 0 Å². The molecule has 0 bridgehead atoms. The highest BCUT2D eigenvalue weighted by Gasteiger charge is 2.37. The van der Waals surface area contributed by atoms with Gasteiger partial charge in [-0.05, 0) is 67.4 Å². The van der Waals surface area contributed by atoms with Crippen LogP contribution in [0.4, 0.5) is 14.5 Å².